The van der Waals surface area contributed by atoms with Crippen molar-refractivity contribution in [3.63, 3.8) is 0 Å². The molecule has 3 nitrogen and oxygen atoms in total. The van der Waals surface area contributed by atoms with E-state index in [0.29, 0.717) is 0 Å². The summed E-state index contributed by atoms with van der Waals surface area (Å²) in [6.45, 7) is 1.48. The average molecular weight is 318 g/mol. The lowest BCUT2D eigenvalue weighted by molar-refractivity contribution is 0.598. The molecule has 7 heteroatoms. The molecule has 0 aromatic heterocycles. The van der Waals surface area contributed by atoms with Crippen LogP contribution in [0.5, 0.6) is 0 Å². The van der Waals surface area contributed by atoms with E-state index in [1.807, 2.05) is 0 Å². The molecule has 0 spiro atoms. The van der Waals surface area contributed by atoms with E-state index in [-0.39, 0.29) is 21.2 Å². The first-order valence-electron chi connectivity index (χ1n) is 5.53. The van der Waals surface area contributed by atoms with Crippen molar-refractivity contribution < 1.29 is 17.2 Å². The number of hydrogen-bond donors (Lipinski definition) is 1. The van der Waals surface area contributed by atoms with Gasteiger partial charge in [0.25, 0.3) is 10.0 Å². The van der Waals surface area contributed by atoms with Crippen LogP contribution in [-0.2, 0) is 10.0 Å². The fraction of sp³-hybridized carbons (Fsp3) is 0.0769. The van der Waals surface area contributed by atoms with E-state index < -0.39 is 21.7 Å². The standard InChI is InChI=1S/C13H10ClF2NO2S/c1-8-6-9(15)3-5-13(8)20(18,19)17-12-4-2-10(16)7-11(12)14/h2-7,17H,1H3. The lowest BCUT2D eigenvalue weighted by Gasteiger charge is -2.11. The highest BCUT2D eigenvalue weighted by Gasteiger charge is 2.18. The van der Waals surface area contributed by atoms with E-state index in [1.54, 1.807) is 0 Å². The van der Waals surface area contributed by atoms with Gasteiger partial charge in [0.1, 0.15) is 11.6 Å². The largest absolute Gasteiger partial charge is 0.278 e. The maximum atomic E-state index is 13.0. The molecule has 0 aliphatic rings. The Hall–Kier alpha value is -1.66. The van der Waals surface area contributed by atoms with Crippen LogP contribution in [0.1, 0.15) is 5.56 Å². The number of nitrogens with one attached hydrogen (secondary N) is 1. The van der Waals surface area contributed by atoms with Gasteiger partial charge in [-0.15, -0.1) is 0 Å². The Kier molecular flexibility index (Phi) is 3.96. The summed E-state index contributed by atoms with van der Waals surface area (Å²) in [7, 11) is -3.92. The SMILES string of the molecule is Cc1cc(F)ccc1S(=O)(=O)Nc1ccc(F)cc1Cl. The fourth-order valence-corrected chi connectivity index (χ4v) is 3.26. The van der Waals surface area contributed by atoms with Gasteiger partial charge in [-0.2, -0.15) is 0 Å². The van der Waals surface area contributed by atoms with Gasteiger partial charge in [-0.3, -0.25) is 4.72 Å². The van der Waals surface area contributed by atoms with Crippen molar-refractivity contribution in [2.75, 3.05) is 4.72 Å². The Morgan fingerprint density at radius 2 is 1.65 bits per heavy atom. The van der Waals surface area contributed by atoms with E-state index in [0.717, 1.165) is 30.3 Å². The minimum Gasteiger partial charge on any atom is -0.278 e. The van der Waals surface area contributed by atoms with Crippen LogP contribution in [-0.4, -0.2) is 8.42 Å². The lowest BCUT2D eigenvalue weighted by Crippen LogP contribution is -2.14. The van der Waals surface area contributed by atoms with Crippen LogP contribution in [0.15, 0.2) is 41.3 Å². The molecule has 0 unspecified atom stereocenters. The van der Waals surface area contributed by atoms with E-state index in [9.17, 15) is 17.2 Å². The van der Waals surface area contributed by atoms with Gasteiger partial charge in [-0.1, -0.05) is 11.6 Å². The van der Waals surface area contributed by atoms with Gasteiger partial charge in [-0.25, -0.2) is 17.2 Å². The maximum absolute atomic E-state index is 13.0. The van der Waals surface area contributed by atoms with Crippen LogP contribution in [0.2, 0.25) is 5.02 Å². The summed E-state index contributed by atoms with van der Waals surface area (Å²) in [5.74, 6) is -1.10. The molecule has 1 N–H and O–H groups in total. The molecule has 0 atom stereocenters. The highest BCUT2D eigenvalue weighted by molar-refractivity contribution is 7.92. The topological polar surface area (TPSA) is 46.2 Å². The zero-order chi connectivity index (χ0) is 14.9. The number of rotatable bonds is 3. The summed E-state index contributed by atoms with van der Waals surface area (Å²) in [5.41, 5.74) is 0.313. The van der Waals surface area contributed by atoms with Crippen molar-refractivity contribution >= 4 is 27.3 Å². The molecule has 0 aliphatic heterocycles. The van der Waals surface area contributed by atoms with Gasteiger partial charge in [0.2, 0.25) is 0 Å². The van der Waals surface area contributed by atoms with Crippen molar-refractivity contribution in [3.8, 4) is 0 Å². The summed E-state index contributed by atoms with van der Waals surface area (Å²) in [6.07, 6.45) is 0. The molecule has 0 saturated heterocycles. The number of sulfonamides is 1. The van der Waals surface area contributed by atoms with Gasteiger partial charge in [-0.05, 0) is 48.9 Å². The summed E-state index contributed by atoms with van der Waals surface area (Å²) in [4.78, 5) is -0.0701. The Morgan fingerprint density at radius 3 is 2.25 bits per heavy atom. The first-order valence-corrected chi connectivity index (χ1v) is 7.40. The lowest BCUT2D eigenvalue weighted by atomic mass is 10.2. The van der Waals surface area contributed by atoms with Gasteiger partial charge < -0.3 is 0 Å². The molecule has 0 saturated carbocycles. The molecule has 2 aromatic carbocycles. The van der Waals surface area contributed by atoms with E-state index in [2.05, 4.69) is 4.72 Å². The molecular weight excluding hydrogens is 308 g/mol. The molecule has 0 amide bonds. The molecule has 0 heterocycles. The molecule has 106 valence electrons. The van der Waals surface area contributed by atoms with Crippen LogP contribution in [0.3, 0.4) is 0 Å². The molecule has 20 heavy (non-hydrogen) atoms. The van der Waals surface area contributed by atoms with Crippen molar-refractivity contribution in [1.29, 1.82) is 0 Å². The monoisotopic (exact) mass is 317 g/mol. The number of benzene rings is 2. The molecule has 0 bridgehead atoms. The van der Waals surface area contributed by atoms with Gasteiger partial charge >= 0.3 is 0 Å². The van der Waals surface area contributed by atoms with Crippen LogP contribution in [0.25, 0.3) is 0 Å². The maximum Gasteiger partial charge on any atom is 0.262 e. The quantitative estimate of drug-likeness (QED) is 0.937. The first-order chi connectivity index (χ1) is 9.29. The van der Waals surface area contributed by atoms with Crippen molar-refractivity contribution in [2.45, 2.75) is 11.8 Å². The number of anilines is 1. The average Bonchev–Trinajstić information content (AvgIpc) is 2.32. The molecule has 2 aromatic rings. The zero-order valence-electron chi connectivity index (χ0n) is 10.3. The van der Waals surface area contributed by atoms with E-state index in [1.165, 1.54) is 13.0 Å². The van der Waals surface area contributed by atoms with Crippen LogP contribution in [0.4, 0.5) is 14.5 Å². The number of hydrogen-bond acceptors (Lipinski definition) is 2. The molecule has 0 radical (unpaired) electrons. The predicted molar refractivity (Wildman–Crippen MR) is 73.4 cm³/mol. The Bertz CT molecular complexity index is 763. The molecule has 2 rings (SSSR count). The summed E-state index contributed by atoms with van der Waals surface area (Å²) >= 11 is 5.76. The molecule has 0 fully saturated rings. The number of aryl methyl sites for hydroxylation is 1. The Balaban J connectivity index is 2.41. The fourth-order valence-electron chi connectivity index (χ4n) is 1.69. The minimum absolute atomic E-state index is 0.0526. The highest BCUT2D eigenvalue weighted by atomic mass is 35.5. The van der Waals surface area contributed by atoms with E-state index >= 15 is 0 Å². The highest BCUT2D eigenvalue weighted by Crippen LogP contribution is 2.26. The van der Waals surface area contributed by atoms with Crippen LogP contribution in [0, 0.1) is 18.6 Å². The van der Waals surface area contributed by atoms with Gasteiger partial charge in [0.15, 0.2) is 0 Å². The Labute approximate surface area is 120 Å². The van der Waals surface area contributed by atoms with Crippen LogP contribution < -0.4 is 4.72 Å². The van der Waals surface area contributed by atoms with E-state index in [4.69, 9.17) is 11.6 Å². The second-order valence-electron chi connectivity index (χ2n) is 4.14. The first kappa shape index (κ1) is 14.7. The predicted octanol–water partition coefficient (Wildman–Crippen LogP) is 3.73. The minimum atomic E-state index is -3.92. The zero-order valence-corrected chi connectivity index (χ0v) is 11.9. The molecule has 0 aliphatic carbocycles. The Morgan fingerprint density at radius 1 is 1.05 bits per heavy atom. The molecular formula is C13H10ClF2NO2S. The number of halogens is 3. The second kappa shape index (κ2) is 5.38. The van der Waals surface area contributed by atoms with Crippen molar-refractivity contribution in [1.82, 2.24) is 0 Å². The van der Waals surface area contributed by atoms with Gasteiger partial charge in [0, 0.05) is 0 Å². The van der Waals surface area contributed by atoms with Crippen LogP contribution >= 0.6 is 11.6 Å². The summed E-state index contributed by atoms with van der Waals surface area (Å²) in [5, 5.41) is -0.0617. The van der Waals surface area contributed by atoms with Crippen molar-refractivity contribution in [2.24, 2.45) is 0 Å². The summed E-state index contributed by atoms with van der Waals surface area (Å²) < 4.78 is 52.5. The smallest absolute Gasteiger partial charge is 0.262 e. The third-order valence-corrected chi connectivity index (χ3v) is 4.44. The van der Waals surface area contributed by atoms with Crippen molar-refractivity contribution in [3.05, 3.63) is 58.6 Å². The van der Waals surface area contributed by atoms with Gasteiger partial charge in [0.05, 0.1) is 15.6 Å². The summed E-state index contributed by atoms with van der Waals surface area (Å²) in [6, 6.07) is 6.62. The third-order valence-electron chi connectivity index (χ3n) is 2.60. The normalized spacial score (nSPS) is 11.4. The third kappa shape index (κ3) is 3.08. The second-order valence-corrected chi connectivity index (χ2v) is 6.20.